The second-order valence-electron chi connectivity index (χ2n) is 14.4. The molecule has 0 saturated carbocycles. The molecule has 8 aromatic rings. The highest BCUT2D eigenvalue weighted by Crippen LogP contribution is 2.34. The number of unbranched alkanes of at least 4 members (excludes halogenated alkanes) is 9. The Morgan fingerprint density at radius 3 is 1.51 bits per heavy atom. The number of aromatic amines is 2. The fourth-order valence-electron chi connectivity index (χ4n) is 7.54. The van der Waals surface area contributed by atoms with Gasteiger partial charge in [-0.1, -0.05) is 119 Å². The number of hydrogen-bond acceptors (Lipinski definition) is 7. The molecule has 8 rings (SSSR count). The van der Waals surface area contributed by atoms with Crippen LogP contribution < -0.4 is 15.4 Å². The normalized spacial score (nSPS) is 12.5. The fourth-order valence-corrected chi connectivity index (χ4v) is 9.47. The third-order valence-corrected chi connectivity index (χ3v) is 12.6. The minimum absolute atomic E-state index is 0.435. The van der Waals surface area contributed by atoms with Gasteiger partial charge in [0.25, 0.3) is 0 Å². The van der Waals surface area contributed by atoms with Crippen molar-refractivity contribution < 1.29 is 4.74 Å². The predicted octanol–water partition coefficient (Wildman–Crippen LogP) is 11.8. The van der Waals surface area contributed by atoms with Gasteiger partial charge in [-0.2, -0.15) is 10.5 Å². The van der Waals surface area contributed by atoms with Crippen LogP contribution in [0.1, 0.15) is 81.1 Å². The highest BCUT2D eigenvalue weighted by molar-refractivity contribution is 7.20. The second kappa shape index (κ2) is 17.9. The zero-order valence-electron chi connectivity index (χ0n) is 32.1. The Morgan fingerprint density at radius 1 is 0.561 bits per heavy atom. The number of H-pyrrole nitrogens is 2. The average molecular weight is 785 g/mol. The van der Waals surface area contributed by atoms with Crippen LogP contribution in [0, 0.1) is 22.7 Å². The van der Waals surface area contributed by atoms with E-state index in [4.69, 9.17) is 14.7 Å². The maximum atomic E-state index is 10.9. The summed E-state index contributed by atoms with van der Waals surface area (Å²) >= 11 is 2.99. The Kier molecular flexibility index (Phi) is 11.9. The number of ether oxygens (including phenoxy) is 1. The van der Waals surface area contributed by atoms with Crippen molar-refractivity contribution in [2.24, 2.45) is 0 Å². The van der Waals surface area contributed by atoms with E-state index in [1.54, 1.807) is 0 Å². The molecule has 0 unspecified atom stereocenters. The zero-order chi connectivity index (χ0) is 39.0. The molecule has 0 bridgehead atoms. The third kappa shape index (κ3) is 8.14. The van der Waals surface area contributed by atoms with Crippen LogP contribution >= 0.6 is 22.7 Å². The van der Waals surface area contributed by atoms with Gasteiger partial charge in [0.2, 0.25) is 0 Å². The van der Waals surface area contributed by atoms with Gasteiger partial charge < -0.3 is 14.7 Å². The van der Waals surface area contributed by atoms with E-state index >= 15 is 0 Å². The van der Waals surface area contributed by atoms with Crippen LogP contribution in [0.3, 0.4) is 0 Å². The first-order valence-electron chi connectivity index (χ1n) is 20.0. The van der Waals surface area contributed by atoms with Gasteiger partial charge in [0.1, 0.15) is 39.0 Å². The van der Waals surface area contributed by atoms with Crippen molar-refractivity contribution in [3.8, 4) is 40.4 Å². The molecular weight excluding hydrogens is 741 g/mol. The zero-order valence-corrected chi connectivity index (χ0v) is 33.7. The minimum atomic E-state index is 0.435. The summed E-state index contributed by atoms with van der Waals surface area (Å²) in [4.78, 5) is 17.2. The summed E-state index contributed by atoms with van der Waals surface area (Å²) in [6, 6.07) is 39.1. The Hall–Kier alpha value is -6.00. The van der Waals surface area contributed by atoms with Crippen LogP contribution in [0.15, 0.2) is 103 Å². The van der Waals surface area contributed by atoms with Gasteiger partial charge in [-0.15, -0.1) is 22.7 Å². The number of para-hydroxylation sites is 2. The first-order valence-corrected chi connectivity index (χ1v) is 21.6. The van der Waals surface area contributed by atoms with Gasteiger partial charge >= 0.3 is 0 Å². The van der Waals surface area contributed by atoms with E-state index in [0.29, 0.717) is 38.5 Å². The van der Waals surface area contributed by atoms with E-state index in [1.807, 2.05) is 91.0 Å². The number of rotatable bonds is 16. The fraction of sp³-hybridized carbons (Fsp3) is 0.250. The van der Waals surface area contributed by atoms with E-state index in [9.17, 15) is 10.5 Å². The molecule has 4 aromatic carbocycles. The number of nitriles is 2. The molecule has 0 aliphatic carbocycles. The average Bonchev–Trinajstić information content (AvgIpc) is 4.05. The van der Waals surface area contributed by atoms with Crippen LogP contribution in [0.4, 0.5) is 0 Å². The summed E-state index contributed by atoms with van der Waals surface area (Å²) in [5.41, 5.74) is 5.98. The van der Waals surface area contributed by atoms with Crippen molar-refractivity contribution >= 4 is 65.0 Å². The van der Waals surface area contributed by atoms with Crippen LogP contribution in [0.25, 0.3) is 64.9 Å². The smallest absolute Gasteiger partial charge is 0.137 e. The lowest BCUT2D eigenvalue weighted by Crippen LogP contribution is -2.10. The monoisotopic (exact) mass is 784 g/mol. The summed E-state index contributed by atoms with van der Waals surface area (Å²) in [5, 5.41) is 25.9. The predicted molar refractivity (Wildman–Crippen MR) is 236 cm³/mol. The van der Waals surface area contributed by atoms with Gasteiger partial charge in [0.05, 0.1) is 49.1 Å². The van der Waals surface area contributed by atoms with E-state index < -0.39 is 0 Å². The highest BCUT2D eigenvalue weighted by atomic mass is 32.1. The maximum absolute atomic E-state index is 10.9. The number of hydrogen-bond donors (Lipinski definition) is 2. The Labute approximate surface area is 340 Å². The Balaban J connectivity index is 1.22. The van der Waals surface area contributed by atoms with Gasteiger partial charge in [0, 0.05) is 10.8 Å². The van der Waals surface area contributed by atoms with E-state index in [-0.39, 0.29) is 0 Å². The molecule has 0 fully saturated rings. The molecule has 0 spiro atoms. The molecule has 0 atom stereocenters. The summed E-state index contributed by atoms with van der Waals surface area (Å²) in [6.07, 6.45) is 12.8. The molecule has 284 valence electrons. The lowest BCUT2D eigenvalue weighted by Gasteiger charge is -2.07. The van der Waals surface area contributed by atoms with Crippen LogP contribution in [0.5, 0.6) is 5.75 Å². The molecule has 9 heteroatoms. The number of benzene rings is 4. The standard InChI is InChI=1S/C48H44N6OS2/c1-2-3-4-5-6-7-8-9-10-18-29-55-34-27-25-33(26-28-34)44-42-41(45(54-44)35(30-49)47-51-37-21-14-16-23-39(37)56-47)43(32-19-12-11-13-20-32)53-46(42)36(31-50)48-52-38-22-15-17-24-40(38)57-48/h11-17,19-28,53-54H,2-10,18,29H2,1H3/b45-35-,46-36-. The molecule has 2 N–H and O–H groups in total. The summed E-state index contributed by atoms with van der Waals surface area (Å²) in [6.45, 7) is 2.95. The minimum Gasteiger partial charge on any atom is -0.494 e. The largest absolute Gasteiger partial charge is 0.494 e. The van der Waals surface area contributed by atoms with Gasteiger partial charge in [-0.25, -0.2) is 9.97 Å². The SMILES string of the molecule is CCCCCCCCCCCCOc1ccc(-c2[nH]/c(=C(/C#N)c3nc4ccccc4s3)c3c(-c4ccccc4)[nH]/c(=C(/C#N)c4nc5ccccc5s4)c23)cc1. The number of nitrogens with one attached hydrogen (secondary N) is 2. The van der Waals surface area contributed by atoms with Crippen molar-refractivity contribution in [1.29, 1.82) is 10.5 Å². The molecule has 0 saturated heterocycles. The first kappa shape index (κ1) is 37.9. The molecule has 0 radical (unpaired) electrons. The van der Waals surface area contributed by atoms with Gasteiger partial charge in [-0.05, 0) is 66.1 Å². The van der Waals surface area contributed by atoms with E-state index in [1.165, 1.54) is 80.5 Å². The summed E-state index contributed by atoms with van der Waals surface area (Å²) in [7, 11) is 0. The Bertz CT molecular complexity index is 2690. The van der Waals surface area contributed by atoms with Crippen LogP contribution in [-0.2, 0) is 0 Å². The summed E-state index contributed by atoms with van der Waals surface area (Å²) < 4.78 is 8.22. The molecule has 4 heterocycles. The molecule has 0 amide bonds. The van der Waals surface area contributed by atoms with Crippen LogP contribution in [0.2, 0.25) is 0 Å². The first-order chi connectivity index (χ1) is 28.2. The topological polar surface area (TPSA) is 114 Å². The van der Waals surface area contributed by atoms with Gasteiger partial charge in [0.15, 0.2) is 0 Å². The van der Waals surface area contributed by atoms with Crippen molar-refractivity contribution in [2.45, 2.75) is 71.1 Å². The molecule has 0 aliphatic heterocycles. The summed E-state index contributed by atoms with van der Waals surface area (Å²) in [5.74, 6) is 0.814. The second-order valence-corrected chi connectivity index (χ2v) is 16.4. The van der Waals surface area contributed by atoms with Gasteiger partial charge in [-0.3, -0.25) is 0 Å². The van der Waals surface area contributed by atoms with Crippen molar-refractivity contribution in [1.82, 2.24) is 19.9 Å². The molecule has 4 aromatic heterocycles. The quantitative estimate of drug-likeness (QED) is 0.0947. The van der Waals surface area contributed by atoms with Crippen molar-refractivity contribution in [2.75, 3.05) is 6.61 Å². The maximum Gasteiger partial charge on any atom is 0.137 e. The molecule has 0 aliphatic rings. The number of thiazole rings is 2. The lowest BCUT2D eigenvalue weighted by atomic mass is 10.0. The lowest BCUT2D eigenvalue weighted by molar-refractivity contribution is 0.304. The van der Waals surface area contributed by atoms with E-state index in [0.717, 1.165) is 65.9 Å². The molecule has 7 nitrogen and oxygen atoms in total. The van der Waals surface area contributed by atoms with Crippen LogP contribution in [-0.4, -0.2) is 26.5 Å². The van der Waals surface area contributed by atoms with Crippen molar-refractivity contribution in [3.63, 3.8) is 0 Å². The number of aromatic nitrogens is 4. The van der Waals surface area contributed by atoms with Crippen molar-refractivity contribution in [3.05, 3.63) is 124 Å². The molecule has 57 heavy (non-hydrogen) atoms. The van der Waals surface area contributed by atoms with E-state index in [2.05, 4.69) is 41.2 Å². The highest BCUT2D eigenvalue weighted by Gasteiger charge is 2.24. The number of fused-ring (bicyclic) bond motifs is 3. The Morgan fingerprint density at radius 2 is 1.02 bits per heavy atom. The number of nitrogens with zero attached hydrogens (tertiary/aromatic N) is 4. The molecular formula is C48H44N6OS2. The third-order valence-electron chi connectivity index (χ3n) is 10.5.